The highest BCUT2D eigenvalue weighted by Crippen LogP contribution is 2.34. The average molecular weight is 389 g/mol. The first-order valence-corrected chi connectivity index (χ1v) is 10.2. The first kappa shape index (κ1) is 19.5. The molecule has 0 atom stereocenters. The van der Waals surface area contributed by atoms with Crippen molar-refractivity contribution in [2.24, 2.45) is 4.99 Å². The van der Waals surface area contributed by atoms with Crippen molar-refractivity contribution >= 4 is 17.3 Å². The normalized spacial score (nSPS) is 15.0. The van der Waals surface area contributed by atoms with E-state index >= 15 is 0 Å². The third kappa shape index (κ3) is 5.13. The zero-order valence-electron chi connectivity index (χ0n) is 16.2. The van der Waals surface area contributed by atoms with E-state index in [2.05, 4.69) is 26.7 Å². The molecule has 2 aromatic rings. The third-order valence-electron chi connectivity index (χ3n) is 4.80. The lowest BCUT2D eigenvalue weighted by Gasteiger charge is -2.20. The number of nitrogens with zero attached hydrogens (tertiary/aromatic N) is 2. The van der Waals surface area contributed by atoms with E-state index in [-0.39, 0.29) is 6.10 Å². The second-order valence-corrected chi connectivity index (χ2v) is 7.55. The highest BCUT2D eigenvalue weighted by Gasteiger charge is 2.20. The number of benzene rings is 1. The fourth-order valence-corrected chi connectivity index (χ4v) is 3.94. The molecule has 2 N–H and O–H groups in total. The van der Waals surface area contributed by atoms with Crippen molar-refractivity contribution in [2.75, 3.05) is 14.2 Å². The molecule has 1 aliphatic carbocycles. The molecular weight excluding hydrogens is 360 g/mol. The van der Waals surface area contributed by atoms with Gasteiger partial charge in [-0.1, -0.05) is 12.1 Å². The van der Waals surface area contributed by atoms with Crippen molar-refractivity contribution in [3.63, 3.8) is 0 Å². The number of hydrogen-bond donors (Lipinski definition) is 2. The van der Waals surface area contributed by atoms with Gasteiger partial charge in [0.1, 0.15) is 0 Å². The van der Waals surface area contributed by atoms with Crippen LogP contribution in [0.25, 0.3) is 0 Å². The number of aromatic nitrogens is 1. The van der Waals surface area contributed by atoms with E-state index in [9.17, 15) is 0 Å². The van der Waals surface area contributed by atoms with E-state index in [4.69, 9.17) is 9.47 Å². The first-order chi connectivity index (χ1) is 13.2. The van der Waals surface area contributed by atoms with Gasteiger partial charge < -0.3 is 20.1 Å². The molecule has 0 aliphatic heterocycles. The third-order valence-corrected chi connectivity index (χ3v) is 5.73. The van der Waals surface area contributed by atoms with E-state index in [0.717, 1.165) is 41.6 Å². The van der Waals surface area contributed by atoms with Gasteiger partial charge >= 0.3 is 0 Å². The molecule has 146 valence electrons. The van der Waals surface area contributed by atoms with Crippen LogP contribution >= 0.6 is 11.3 Å². The smallest absolute Gasteiger partial charge is 0.191 e. The lowest BCUT2D eigenvalue weighted by Crippen LogP contribution is -2.36. The summed E-state index contributed by atoms with van der Waals surface area (Å²) in [7, 11) is 3.46. The predicted octanol–water partition coefficient (Wildman–Crippen LogP) is 3.65. The van der Waals surface area contributed by atoms with Crippen LogP contribution in [-0.2, 0) is 13.1 Å². The van der Waals surface area contributed by atoms with Crippen LogP contribution in [-0.4, -0.2) is 31.2 Å². The Morgan fingerprint density at radius 2 is 2.04 bits per heavy atom. The molecule has 0 amide bonds. The number of rotatable bonds is 7. The highest BCUT2D eigenvalue weighted by atomic mass is 32.1. The molecule has 7 heteroatoms. The molecule has 1 aromatic carbocycles. The maximum absolute atomic E-state index is 6.30. The van der Waals surface area contributed by atoms with E-state index in [1.54, 1.807) is 25.5 Å². The number of thiazole rings is 1. The molecule has 27 heavy (non-hydrogen) atoms. The standard InChI is InChI=1S/C20H28N4O2S/c1-14-18(27-13-24-14)12-23-20(21-2)22-11-15-7-6-10-17(25-3)19(15)26-16-8-4-5-9-16/h6-7,10,13,16H,4-5,8-9,11-12H2,1-3H3,(H2,21,22,23). The zero-order chi connectivity index (χ0) is 19.1. The van der Waals surface area contributed by atoms with Crippen LogP contribution < -0.4 is 20.1 Å². The van der Waals surface area contributed by atoms with Gasteiger partial charge in [-0.2, -0.15) is 0 Å². The SMILES string of the molecule is CN=C(NCc1cccc(OC)c1OC1CCCC1)NCc1scnc1C. The van der Waals surface area contributed by atoms with Crippen molar-refractivity contribution in [1.29, 1.82) is 0 Å². The summed E-state index contributed by atoms with van der Waals surface area (Å²) < 4.78 is 11.8. The molecule has 1 fully saturated rings. The van der Waals surface area contributed by atoms with Crippen molar-refractivity contribution in [1.82, 2.24) is 15.6 Å². The molecule has 0 radical (unpaired) electrons. The summed E-state index contributed by atoms with van der Waals surface area (Å²) >= 11 is 1.65. The zero-order valence-corrected chi connectivity index (χ0v) is 17.1. The van der Waals surface area contributed by atoms with Gasteiger partial charge in [-0.15, -0.1) is 11.3 Å². The second kappa shape index (κ2) is 9.60. The second-order valence-electron chi connectivity index (χ2n) is 6.61. The number of aryl methyl sites for hydroxylation is 1. The molecule has 0 bridgehead atoms. The lowest BCUT2D eigenvalue weighted by molar-refractivity contribution is 0.198. The molecule has 1 saturated carbocycles. The number of para-hydroxylation sites is 1. The summed E-state index contributed by atoms with van der Waals surface area (Å²) in [5.74, 6) is 2.37. The Morgan fingerprint density at radius 1 is 1.26 bits per heavy atom. The summed E-state index contributed by atoms with van der Waals surface area (Å²) in [6.45, 7) is 3.34. The Bertz CT molecular complexity index is 769. The molecule has 6 nitrogen and oxygen atoms in total. The lowest BCUT2D eigenvalue weighted by atomic mass is 10.1. The van der Waals surface area contributed by atoms with Crippen molar-refractivity contribution in [3.05, 3.63) is 39.8 Å². The van der Waals surface area contributed by atoms with Crippen LogP contribution in [0.15, 0.2) is 28.7 Å². The number of methoxy groups -OCH3 is 1. The van der Waals surface area contributed by atoms with E-state index in [0.29, 0.717) is 13.1 Å². The largest absolute Gasteiger partial charge is 0.493 e. The van der Waals surface area contributed by atoms with Crippen molar-refractivity contribution in [2.45, 2.75) is 51.8 Å². The van der Waals surface area contributed by atoms with Gasteiger partial charge in [0.2, 0.25) is 0 Å². The summed E-state index contributed by atoms with van der Waals surface area (Å²) in [5.41, 5.74) is 3.99. The Balaban J connectivity index is 1.64. The summed E-state index contributed by atoms with van der Waals surface area (Å²) in [6, 6.07) is 6.02. The molecular formula is C20H28N4O2S. The first-order valence-electron chi connectivity index (χ1n) is 9.37. The van der Waals surface area contributed by atoms with Crippen LogP contribution in [0.3, 0.4) is 0 Å². The van der Waals surface area contributed by atoms with Crippen LogP contribution in [0.4, 0.5) is 0 Å². The van der Waals surface area contributed by atoms with E-state index in [1.807, 2.05) is 24.6 Å². The number of aliphatic imine (C=N–C) groups is 1. The fraction of sp³-hybridized carbons (Fsp3) is 0.500. The Morgan fingerprint density at radius 3 is 2.70 bits per heavy atom. The fourth-order valence-electron chi connectivity index (χ4n) is 3.23. The molecule has 0 unspecified atom stereocenters. The maximum atomic E-state index is 6.30. The minimum atomic E-state index is 0.284. The number of hydrogen-bond acceptors (Lipinski definition) is 5. The molecule has 1 heterocycles. The topological polar surface area (TPSA) is 67.8 Å². The quantitative estimate of drug-likeness (QED) is 0.560. The average Bonchev–Trinajstić information content (AvgIpc) is 3.34. The summed E-state index contributed by atoms with van der Waals surface area (Å²) in [5, 5.41) is 6.71. The van der Waals surface area contributed by atoms with E-state index in [1.165, 1.54) is 17.7 Å². The van der Waals surface area contributed by atoms with Crippen LogP contribution in [0, 0.1) is 6.92 Å². The number of nitrogens with one attached hydrogen (secondary N) is 2. The predicted molar refractivity (Wildman–Crippen MR) is 110 cm³/mol. The van der Waals surface area contributed by atoms with Gasteiger partial charge in [-0.25, -0.2) is 4.98 Å². The van der Waals surface area contributed by atoms with Crippen molar-refractivity contribution < 1.29 is 9.47 Å². The Hall–Kier alpha value is -2.28. The van der Waals surface area contributed by atoms with Crippen LogP contribution in [0.1, 0.15) is 41.8 Å². The highest BCUT2D eigenvalue weighted by molar-refractivity contribution is 7.09. The Labute approximate surface area is 165 Å². The van der Waals surface area contributed by atoms with Gasteiger partial charge in [0, 0.05) is 24.0 Å². The molecule has 3 rings (SSSR count). The molecule has 1 aliphatic rings. The van der Waals surface area contributed by atoms with Gasteiger partial charge in [-0.3, -0.25) is 4.99 Å². The van der Waals surface area contributed by atoms with Gasteiger partial charge in [0.25, 0.3) is 0 Å². The maximum Gasteiger partial charge on any atom is 0.191 e. The number of guanidine groups is 1. The molecule has 1 aromatic heterocycles. The van der Waals surface area contributed by atoms with Gasteiger partial charge in [0.15, 0.2) is 17.5 Å². The van der Waals surface area contributed by atoms with Crippen molar-refractivity contribution in [3.8, 4) is 11.5 Å². The van der Waals surface area contributed by atoms with Crippen LogP contribution in [0.5, 0.6) is 11.5 Å². The van der Waals surface area contributed by atoms with E-state index < -0.39 is 0 Å². The van der Waals surface area contributed by atoms with Crippen LogP contribution in [0.2, 0.25) is 0 Å². The summed E-state index contributed by atoms with van der Waals surface area (Å²) in [4.78, 5) is 9.81. The summed E-state index contributed by atoms with van der Waals surface area (Å²) in [6.07, 6.45) is 4.99. The van der Waals surface area contributed by atoms with Gasteiger partial charge in [-0.05, 0) is 38.7 Å². The van der Waals surface area contributed by atoms with Gasteiger partial charge in [0.05, 0.1) is 31.0 Å². The monoisotopic (exact) mass is 388 g/mol. The minimum Gasteiger partial charge on any atom is -0.493 e. The minimum absolute atomic E-state index is 0.284. The number of ether oxygens (including phenoxy) is 2. The molecule has 0 saturated heterocycles. The molecule has 0 spiro atoms. The Kier molecular flexibility index (Phi) is 6.92.